The standard InChI is InChI=1S/C17H30FN3/c1-14(2)12-21(11-10-20(4)5)13-17(19-3)15-8-6-7-9-16(15)18/h6-9,14,17,19H,10-13H2,1-5H3. The van der Waals surface area contributed by atoms with E-state index >= 15 is 0 Å². The first-order chi connectivity index (χ1) is 9.93. The van der Waals surface area contributed by atoms with Gasteiger partial charge in [0.2, 0.25) is 0 Å². The number of likely N-dealkylation sites (N-methyl/N-ethyl adjacent to an activating group) is 2. The molecule has 0 aliphatic heterocycles. The summed E-state index contributed by atoms with van der Waals surface area (Å²) in [4.78, 5) is 4.60. The van der Waals surface area contributed by atoms with Crippen molar-refractivity contribution in [3.05, 3.63) is 35.6 Å². The lowest BCUT2D eigenvalue weighted by Crippen LogP contribution is -2.40. The summed E-state index contributed by atoms with van der Waals surface area (Å²) in [6.07, 6.45) is 0. The molecule has 0 fully saturated rings. The van der Waals surface area contributed by atoms with Crippen LogP contribution in [0.1, 0.15) is 25.5 Å². The molecule has 0 amide bonds. The topological polar surface area (TPSA) is 18.5 Å². The molecule has 0 radical (unpaired) electrons. The Morgan fingerprint density at radius 3 is 2.29 bits per heavy atom. The first-order valence-corrected chi connectivity index (χ1v) is 7.72. The minimum absolute atomic E-state index is 0.0205. The lowest BCUT2D eigenvalue weighted by atomic mass is 10.0. The molecule has 1 rings (SSSR count). The maximum Gasteiger partial charge on any atom is 0.128 e. The Morgan fingerprint density at radius 2 is 1.76 bits per heavy atom. The molecule has 1 N–H and O–H groups in total. The van der Waals surface area contributed by atoms with Crippen molar-refractivity contribution < 1.29 is 4.39 Å². The van der Waals surface area contributed by atoms with E-state index in [1.165, 1.54) is 6.07 Å². The lowest BCUT2D eigenvalue weighted by Gasteiger charge is -2.30. The first-order valence-electron chi connectivity index (χ1n) is 7.72. The fourth-order valence-corrected chi connectivity index (χ4v) is 2.48. The van der Waals surface area contributed by atoms with E-state index in [-0.39, 0.29) is 11.9 Å². The van der Waals surface area contributed by atoms with Gasteiger partial charge in [-0.05, 0) is 33.1 Å². The van der Waals surface area contributed by atoms with Gasteiger partial charge in [0.1, 0.15) is 5.82 Å². The van der Waals surface area contributed by atoms with Crippen molar-refractivity contribution in [2.24, 2.45) is 5.92 Å². The van der Waals surface area contributed by atoms with Gasteiger partial charge in [0.25, 0.3) is 0 Å². The van der Waals surface area contributed by atoms with Crippen LogP contribution >= 0.6 is 0 Å². The number of nitrogens with zero attached hydrogens (tertiary/aromatic N) is 2. The Kier molecular flexibility index (Phi) is 7.86. The van der Waals surface area contributed by atoms with Gasteiger partial charge >= 0.3 is 0 Å². The van der Waals surface area contributed by atoms with Crippen LogP contribution < -0.4 is 5.32 Å². The molecule has 1 aromatic rings. The average molecular weight is 295 g/mol. The van der Waals surface area contributed by atoms with Gasteiger partial charge in [0.15, 0.2) is 0 Å². The van der Waals surface area contributed by atoms with Gasteiger partial charge in [-0.1, -0.05) is 32.0 Å². The zero-order valence-corrected chi connectivity index (χ0v) is 14.1. The zero-order chi connectivity index (χ0) is 15.8. The lowest BCUT2D eigenvalue weighted by molar-refractivity contribution is 0.200. The second-order valence-corrected chi connectivity index (χ2v) is 6.32. The molecule has 4 heteroatoms. The minimum atomic E-state index is -0.131. The summed E-state index contributed by atoms with van der Waals surface area (Å²) >= 11 is 0. The van der Waals surface area contributed by atoms with Gasteiger partial charge in [0, 0.05) is 37.8 Å². The van der Waals surface area contributed by atoms with Crippen molar-refractivity contribution >= 4 is 0 Å². The van der Waals surface area contributed by atoms with E-state index in [4.69, 9.17) is 0 Å². The summed E-state index contributed by atoms with van der Waals surface area (Å²) in [5.74, 6) is 0.472. The molecule has 0 spiro atoms. The predicted octanol–water partition coefficient (Wildman–Crippen LogP) is 2.61. The minimum Gasteiger partial charge on any atom is -0.312 e. The van der Waals surface area contributed by atoms with Crippen LogP contribution in [0.3, 0.4) is 0 Å². The van der Waals surface area contributed by atoms with Crippen LogP contribution in [0.25, 0.3) is 0 Å². The van der Waals surface area contributed by atoms with E-state index in [1.807, 2.05) is 19.2 Å². The largest absolute Gasteiger partial charge is 0.312 e. The van der Waals surface area contributed by atoms with E-state index in [0.717, 1.165) is 31.7 Å². The van der Waals surface area contributed by atoms with Crippen LogP contribution in [0.4, 0.5) is 4.39 Å². The van der Waals surface area contributed by atoms with Gasteiger partial charge in [-0.2, -0.15) is 0 Å². The molecule has 0 aliphatic carbocycles. The molecule has 21 heavy (non-hydrogen) atoms. The molecule has 1 aromatic carbocycles. The Balaban J connectivity index is 2.75. The highest BCUT2D eigenvalue weighted by Crippen LogP contribution is 2.18. The van der Waals surface area contributed by atoms with Gasteiger partial charge in [0.05, 0.1) is 0 Å². The number of hydrogen-bond acceptors (Lipinski definition) is 3. The van der Waals surface area contributed by atoms with Crippen LogP contribution in [0.15, 0.2) is 24.3 Å². The fraction of sp³-hybridized carbons (Fsp3) is 0.647. The second-order valence-electron chi connectivity index (χ2n) is 6.32. The van der Waals surface area contributed by atoms with Crippen molar-refractivity contribution in [3.8, 4) is 0 Å². The molecule has 0 saturated carbocycles. The number of halogens is 1. The quantitative estimate of drug-likeness (QED) is 0.755. The average Bonchev–Trinajstić information content (AvgIpc) is 2.42. The molecule has 1 atom stereocenters. The highest BCUT2D eigenvalue weighted by Gasteiger charge is 2.18. The van der Waals surface area contributed by atoms with Crippen molar-refractivity contribution in [2.45, 2.75) is 19.9 Å². The monoisotopic (exact) mass is 295 g/mol. The molecular weight excluding hydrogens is 265 g/mol. The maximum atomic E-state index is 14.0. The molecule has 0 saturated heterocycles. The molecule has 0 heterocycles. The maximum absolute atomic E-state index is 14.0. The highest BCUT2D eigenvalue weighted by molar-refractivity contribution is 5.21. The molecule has 120 valence electrons. The van der Waals surface area contributed by atoms with E-state index in [0.29, 0.717) is 5.92 Å². The van der Waals surface area contributed by atoms with E-state index < -0.39 is 0 Å². The number of benzene rings is 1. The van der Waals surface area contributed by atoms with Crippen LogP contribution in [-0.2, 0) is 0 Å². The Bertz CT molecular complexity index is 407. The summed E-state index contributed by atoms with van der Waals surface area (Å²) in [6, 6.07) is 7.06. The van der Waals surface area contributed by atoms with Crippen LogP contribution in [-0.4, -0.2) is 57.1 Å². The molecule has 1 unspecified atom stereocenters. The molecule has 0 aromatic heterocycles. The third kappa shape index (κ3) is 6.55. The zero-order valence-electron chi connectivity index (χ0n) is 14.1. The molecule has 3 nitrogen and oxygen atoms in total. The summed E-state index contributed by atoms with van der Waals surface area (Å²) in [5.41, 5.74) is 0.749. The summed E-state index contributed by atoms with van der Waals surface area (Å²) in [5, 5.41) is 3.26. The molecule has 0 aliphatic rings. The Hall–Kier alpha value is -0.970. The van der Waals surface area contributed by atoms with Crippen molar-refractivity contribution in [1.29, 1.82) is 0 Å². The summed E-state index contributed by atoms with van der Waals surface area (Å²) in [7, 11) is 6.07. The van der Waals surface area contributed by atoms with Gasteiger partial charge in [-0.15, -0.1) is 0 Å². The SMILES string of the molecule is CNC(CN(CCN(C)C)CC(C)C)c1ccccc1F. The van der Waals surface area contributed by atoms with Crippen LogP contribution in [0, 0.1) is 11.7 Å². The Morgan fingerprint density at radius 1 is 1.10 bits per heavy atom. The van der Waals surface area contributed by atoms with Gasteiger partial charge in [-0.3, -0.25) is 4.90 Å². The van der Waals surface area contributed by atoms with E-state index in [9.17, 15) is 4.39 Å². The van der Waals surface area contributed by atoms with Gasteiger partial charge < -0.3 is 10.2 Å². The van der Waals surface area contributed by atoms with Crippen molar-refractivity contribution in [1.82, 2.24) is 15.1 Å². The smallest absolute Gasteiger partial charge is 0.128 e. The molecule has 0 bridgehead atoms. The fourth-order valence-electron chi connectivity index (χ4n) is 2.48. The molecular formula is C17H30FN3. The third-order valence-electron chi connectivity index (χ3n) is 3.56. The van der Waals surface area contributed by atoms with Gasteiger partial charge in [-0.25, -0.2) is 4.39 Å². The van der Waals surface area contributed by atoms with Crippen molar-refractivity contribution in [2.75, 3.05) is 47.3 Å². The number of rotatable bonds is 9. The predicted molar refractivity (Wildman–Crippen MR) is 88.0 cm³/mol. The highest BCUT2D eigenvalue weighted by atomic mass is 19.1. The van der Waals surface area contributed by atoms with Crippen molar-refractivity contribution in [3.63, 3.8) is 0 Å². The van der Waals surface area contributed by atoms with E-state index in [2.05, 4.69) is 43.1 Å². The second kappa shape index (κ2) is 9.13. The Labute approximate surface area is 129 Å². The van der Waals surface area contributed by atoms with E-state index in [1.54, 1.807) is 6.07 Å². The normalized spacial score (nSPS) is 13.4. The number of hydrogen-bond donors (Lipinski definition) is 1. The van der Waals surface area contributed by atoms with Crippen LogP contribution in [0.2, 0.25) is 0 Å². The summed E-state index contributed by atoms with van der Waals surface area (Å²) in [6.45, 7) is 8.31. The first kappa shape index (κ1) is 18.1. The summed E-state index contributed by atoms with van der Waals surface area (Å²) < 4.78 is 14.0. The van der Waals surface area contributed by atoms with Crippen LogP contribution in [0.5, 0.6) is 0 Å². The number of nitrogens with one attached hydrogen (secondary N) is 1. The third-order valence-corrected chi connectivity index (χ3v) is 3.56.